The van der Waals surface area contributed by atoms with Crippen LogP contribution in [0.15, 0.2) is 16.0 Å². The van der Waals surface area contributed by atoms with E-state index in [2.05, 4.69) is 9.97 Å². The second-order valence-corrected chi connectivity index (χ2v) is 4.78. The van der Waals surface area contributed by atoms with Crippen molar-refractivity contribution in [3.63, 3.8) is 0 Å². The Morgan fingerprint density at radius 1 is 1.58 bits per heavy atom. The minimum atomic E-state index is -4.71. The molecule has 0 spiro atoms. The van der Waals surface area contributed by atoms with E-state index in [1.54, 1.807) is 6.92 Å². The SMILES string of the molecule is CCOC(=O)[C@H](C)Sc1nc(C(F)(F)F)cc(=O)[nH]1. The fourth-order valence-electron chi connectivity index (χ4n) is 1.11. The van der Waals surface area contributed by atoms with Crippen LogP contribution in [-0.4, -0.2) is 27.8 Å². The van der Waals surface area contributed by atoms with Gasteiger partial charge in [0, 0.05) is 6.07 Å². The standard InChI is InChI=1S/C10H11F3N2O3S/c1-3-18-8(17)5(2)19-9-14-6(10(11,12)13)4-7(16)15-9/h4-5H,3H2,1-2H3,(H,14,15,16)/t5-/m0/s1. The van der Waals surface area contributed by atoms with Gasteiger partial charge in [-0.1, -0.05) is 11.8 Å². The van der Waals surface area contributed by atoms with E-state index >= 15 is 0 Å². The lowest BCUT2D eigenvalue weighted by Crippen LogP contribution is -2.20. The van der Waals surface area contributed by atoms with Gasteiger partial charge in [0.25, 0.3) is 5.56 Å². The molecule has 5 nitrogen and oxygen atoms in total. The van der Waals surface area contributed by atoms with Gasteiger partial charge in [0.15, 0.2) is 10.9 Å². The lowest BCUT2D eigenvalue weighted by Gasteiger charge is -2.10. The highest BCUT2D eigenvalue weighted by atomic mass is 32.2. The van der Waals surface area contributed by atoms with Gasteiger partial charge in [0.2, 0.25) is 0 Å². The van der Waals surface area contributed by atoms with Crippen molar-refractivity contribution >= 4 is 17.7 Å². The first-order valence-corrected chi connectivity index (χ1v) is 6.14. The largest absolute Gasteiger partial charge is 0.465 e. The van der Waals surface area contributed by atoms with Crippen molar-refractivity contribution in [2.24, 2.45) is 0 Å². The third kappa shape index (κ3) is 4.58. The first kappa shape index (κ1) is 15.5. The van der Waals surface area contributed by atoms with Gasteiger partial charge in [-0.05, 0) is 13.8 Å². The van der Waals surface area contributed by atoms with Crippen LogP contribution in [0.3, 0.4) is 0 Å². The summed E-state index contributed by atoms with van der Waals surface area (Å²) in [4.78, 5) is 27.8. The molecule has 0 unspecified atom stereocenters. The van der Waals surface area contributed by atoms with E-state index in [-0.39, 0.29) is 11.8 Å². The Hall–Kier alpha value is -1.51. The van der Waals surface area contributed by atoms with Crippen molar-refractivity contribution in [2.45, 2.75) is 30.4 Å². The van der Waals surface area contributed by atoms with Gasteiger partial charge in [-0.2, -0.15) is 13.2 Å². The molecule has 1 aromatic heterocycles. The Bertz CT molecular complexity index is 515. The van der Waals surface area contributed by atoms with Crippen molar-refractivity contribution in [1.82, 2.24) is 9.97 Å². The van der Waals surface area contributed by atoms with Crippen LogP contribution in [0.4, 0.5) is 13.2 Å². The maximum atomic E-state index is 12.4. The number of hydrogen-bond acceptors (Lipinski definition) is 5. The topological polar surface area (TPSA) is 72.0 Å². The number of rotatable bonds is 4. The summed E-state index contributed by atoms with van der Waals surface area (Å²) in [5, 5.41) is -1.05. The van der Waals surface area contributed by atoms with Gasteiger partial charge in [-0.15, -0.1) is 0 Å². The molecule has 106 valence electrons. The highest BCUT2D eigenvalue weighted by Gasteiger charge is 2.33. The molecule has 0 radical (unpaired) electrons. The predicted molar refractivity (Wildman–Crippen MR) is 61.8 cm³/mol. The molecule has 1 heterocycles. The summed E-state index contributed by atoms with van der Waals surface area (Å²) >= 11 is 0.695. The average molecular weight is 296 g/mol. The molecule has 0 aliphatic heterocycles. The smallest absolute Gasteiger partial charge is 0.433 e. The summed E-state index contributed by atoms with van der Waals surface area (Å²) in [7, 11) is 0. The fraction of sp³-hybridized carbons (Fsp3) is 0.500. The number of H-pyrrole nitrogens is 1. The zero-order valence-electron chi connectivity index (χ0n) is 10.1. The maximum Gasteiger partial charge on any atom is 0.433 e. The van der Waals surface area contributed by atoms with E-state index in [9.17, 15) is 22.8 Å². The molecule has 0 saturated heterocycles. The molecule has 0 aliphatic rings. The normalized spacial score (nSPS) is 13.1. The van der Waals surface area contributed by atoms with Gasteiger partial charge in [0.1, 0.15) is 5.25 Å². The molecule has 0 fully saturated rings. The van der Waals surface area contributed by atoms with E-state index in [1.165, 1.54) is 6.92 Å². The Labute approximate surface area is 110 Å². The maximum absolute atomic E-state index is 12.4. The van der Waals surface area contributed by atoms with Gasteiger partial charge in [-0.3, -0.25) is 9.59 Å². The van der Waals surface area contributed by atoms with Gasteiger partial charge < -0.3 is 9.72 Å². The summed E-state index contributed by atoms with van der Waals surface area (Å²) < 4.78 is 42.0. The molecule has 19 heavy (non-hydrogen) atoms. The molecule has 0 bridgehead atoms. The summed E-state index contributed by atoms with van der Waals surface area (Å²) in [5.74, 6) is -0.590. The van der Waals surface area contributed by atoms with Crippen LogP contribution < -0.4 is 5.56 Å². The Kier molecular flexibility index (Phi) is 4.98. The molecule has 1 aromatic rings. The second kappa shape index (κ2) is 6.09. The molecular weight excluding hydrogens is 285 g/mol. The van der Waals surface area contributed by atoms with Gasteiger partial charge in [0.05, 0.1) is 6.61 Å². The van der Waals surface area contributed by atoms with Crippen LogP contribution in [0.2, 0.25) is 0 Å². The van der Waals surface area contributed by atoms with Crippen LogP contribution in [0.1, 0.15) is 19.5 Å². The number of esters is 1. The average Bonchev–Trinajstić information content (AvgIpc) is 2.27. The molecule has 0 aliphatic carbocycles. The molecule has 0 saturated carbocycles. The quantitative estimate of drug-likeness (QED) is 0.521. The minimum absolute atomic E-state index is 0.163. The summed E-state index contributed by atoms with van der Waals surface area (Å²) in [6.07, 6.45) is -4.71. The molecule has 0 aromatic carbocycles. The lowest BCUT2D eigenvalue weighted by atomic mass is 10.4. The zero-order valence-corrected chi connectivity index (χ0v) is 10.9. The van der Waals surface area contributed by atoms with E-state index in [0.29, 0.717) is 17.8 Å². The number of carbonyl (C=O) groups excluding carboxylic acids is 1. The number of aromatic amines is 1. The molecule has 1 atom stereocenters. The number of hydrogen-bond donors (Lipinski definition) is 1. The number of ether oxygens (including phenoxy) is 1. The van der Waals surface area contributed by atoms with E-state index in [4.69, 9.17) is 4.74 Å². The van der Waals surface area contributed by atoms with Crippen LogP contribution in [0, 0.1) is 0 Å². The second-order valence-electron chi connectivity index (χ2n) is 3.45. The predicted octanol–water partition coefficient (Wildman–Crippen LogP) is 1.83. The van der Waals surface area contributed by atoms with Crippen molar-refractivity contribution in [1.29, 1.82) is 0 Å². The minimum Gasteiger partial charge on any atom is -0.465 e. The van der Waals surface area contributed by atoms with E-state index in [1.807, 2.05) is 0 Å². The third-order valence-electron chi connectivity index (χ3n) is 1.92. The molecule has 1 rings (SSSR count). The summed E-state index contributed by atoms with van der Waals surface area (Å²) in [6.45, 7) is 3.22. The molecular formula is C10H11F3N2O3S. The Morgan fingerprint density at radius 3 is 2.74 bits per heavy atom. The number of carbonyl (C=O) groups is 1. The van der Waals surface area contributed by atoms with Crippen molar-refractivity contribution in [3.8, 4) is 0 Å². The third-order valence-corrected chi connectivity index (χ3v) is 2.88. The van der Waals surface area contributed by atoms with Crippen molar-refractivity contribution < 1.29 is 22.7 Å². The number of aromatic nitrogens is 2. The number of nitrogens with zero attached hydrogens (tertiary/aromatic N) is 1. The van der Waals surface area contributed by atoms with Crippen LogP contribution in [0.5, 0.6) is 0 Å². The summed E-state index contributed by atoms with van der Waals surface area (Å²) in [6, 6.07) is 0.360. The first-order chi connectivity index (χ1) is 8.74. The van der Waals surface area contributed by atoms with Crippen LogP contribution >= 0.6 is 11.8 Å². The lowest BCUT2D eigenvalue weighted by molar-refractivity contribution is -0.142. The van der Waals surface area contributed by atoms with Gasteiger partial charge in [-0.25, -0.2) is 4.98 Å². The number of halogens is 3. The fourth-order valence-corrected chi connectivity index (χ4v) is 1.92. The van der Waals surface area contributed by atoms with Gasteiger partial charge >= 0.3 is 12.1 Å². The highest BCUT2D eigenvalue weighted by molar-refractivity contribution is 8.00. The van der Waals surface area contributed by atoms with Crippen LogP contribution in [-0.2, 0) is 15.7 Å². The molecule has 0 amide bonds. The summed E-state index contributed by atoms with van der Waals surface area (Å²) in [5.41, 5.74) is -2.23. The number of thioether (sulfide) groups is 1. The Balaban J connectivity index is 2.93. The molecule has 9 heteroatoms. The van der Waals surface area contributed by atoms with Crippen LogP contribution in [0.25, 0.3) is 0 Å². The van der Waals surface area contributed by atoms with Crippen molar-refractivity contribution in [3.05, 3.63) is 22.1 Å². The number of alkyl halides is 3. The van der Waals surface area contributed by atoms with E-state index < -0.39 is 28.6 Å². The Morgan fingerprint density at radius 2 is 2.21 bits per heavy atom. The first-order valence-electron chi connectivity index (χ1n) is 5.26. The molecule has 1 N–H and O–H groups in total. The number of nitrogens with one attached hydrogen (secondary N) is 1. The highest BCUT2D eigenvalue weighted by Crippen LogP contribution is 2.28. The monoisotopic (exact) mass is 296 g/mol. The van der Waals surface area contributed by atoms with E-state index in [0.717, 1.165) is 0 Å². The van der Waals surface area contributed by atoms with Crippen molar-refractivity contribution in [2.75, 3.05) is 6.61 Å². The zero-order chi connectivity index (χ0) is 14.6.